The van der Waals surface area contributed by atoms with Gasteiger partial charge in [-0.1, -0.05) is 82.8 Å². The Labute approximate surface area is 242 Å². The molecule has 0 bridgehead atoms. The highest BCUT2D eigenvalue weighted by molar-refractivity contribution is 7.92. The molecule has 0 saturated carbocycles. The monoisotopic (exact) mass is 615 g/mol. The van der Waals surface area contributed by atoms with Crippen molar-refractivity contribution >= 4 is 73.9 Å². The molecule has 202 valence electrons. The number of hydrogen-bond donors (Lipinski definition) is 1. The summed E-state index contributed by atoms with van der Waals surface area (Å²) in [5, 5.41) is 3.54. The number of nitrogens with one attached hydrogen (secondary N) is 1. The fourth-order valence-corrected chi connectivity index (χ4v) is 5.79. The number of carbonyl (C=O) groups excluding carboxylic acids is 2. The van der Waals surface area contributed by atoms with Crippen LogP contribution in [0.5, 0.6) is 0 Å². The van der Waals surface area contributed by atoms with Gasteiger partial charge in [0, 0.05) is 40.6 Å². The molecule has 0 aliphatic rings. The van der Waals surface area contributed by atoms with Crippen molar-refractivity contribution < 1.29 is 18.0 Å². The van der Waals surface area contributed by atoms with Gasteiger partial charge in [-0.05, 0) is 35.9 Å². The predicted octanol–water partition coefficient (Wildman–Crippen LogP) is 5.45. The van der Waals surface area contributed by atoms with Crippen LogP contribution in [-0.4, -0.2) is 51.0 Å². The maximum absolute atomic E-state index is 13.9. The second kappa shape index (κ2) is 13.0. The van der Waals surface area contributed by atoms with Crippen LogP contribution in [0.25, 0.3) is 0 Å². The number of carbonyl (C=O) groups is 2. The molecule has 1 N–H and O–H groups in total. The van der Waals surface area contributed by atoms with Gasteiger partial charge in [0.25, 0.3) is 0 Å². The molecule has 12 heteroatoms. The Bertz CT molecular complexity index is 1400. The number of likely N-dealkylation sites (N-methyl/N-ethyl adjacent to an activating group) is 1. The molecule has 3 aromatic rings. The third-order valence-electron chi connectivity index (χ3n) is 5.77. The molecule has 38 heavy (non-hydrogen) atoms. The second-order valence-electron chi connectivity index (χ2n) is 8.41. The van der Waals surface area contributed by atoms with Gasteiger partial charge in [0.2, 0.25) is 21.8 Å². The van der Waals surface area contributed by atoms with Crippen LogP contribution in [0.1, 0.15) is 11.1 Å². The molecule has 0 unspecified atom stereocenters. The first-order valence-electron chi connectivity index (χ1n) is 11.3. The van der Waals surface area contributed by atoms with E-state index in [1.54, 1.807) is 18.2 Å². The third-order valence-corrected chi connectivity index (χ3v) is 8.14. The van der Waals surface area contributed by atoms with Crippen LogP contribution < -0.4 is 9.62 Å². The van der Waals surface area contributed by atoms with Crippen molar-refractivity contribution in [2.24, 2.45) is 0 Å². The Kier molecular flexibility index (Phi) is 10.3. The Morgan fingerprint density at radius 1 is 0.895 bits per heavy atom. The summed E-state index contributed by atoms with van der Waals surface area (Å²) >= 11 is 25.1. The van der Waals surface area contributed by atoms with E-state index in [0.29, 0.717) is 20.6 Å². The first-order chi connectivity index (χ1) is 17.9. The topological polar surface area (TPSA) is 86.8 Å². The molecule has 0 aromatic heterocycles. The zero-order chi connectivity index (χ0) is 28.0. The molecular formula is C26H25Cl4N3O4S. The highest BCUT2D eigenvalue weighted by Crippen LogP contribution is 2.31. The number of rotatable bonds is 10. The molecule has 0 radical (unpaired) electrons. The van der Waals surface area contributed by atoms with Crippen molar-refractivity contribution in [2.45, 2.75) is 19.0 Å². The SMILES string of the molecule is CNC(=O)[C@H](Cc1ccccc1)N(Cc1c(Cl)cccc1Cl)C(=O)CN(c1ccc(Cl)cc1Cl)S(C)(=O)=O. The number of amides is 2. The second-order valence-corrected chi connectivity index (χ2v) is 12.0. The van der Waals surface area contributed by atoms with E-state index in [9.17, 15) is 18.0 Å². The highest BCUT2D eigenvalue weighted by atomic mass is 35.5. The molecule has 0 spiro atoms. The number of hydrogen-bond acceptors (Lipinski definition) is 4. The van der Waals surface area contributed by atoms with Crippen LogP contribution in [0.2, 0.25) is 20.1 Å². The molecule has 2 amide bonds. The van der Waals surface area contributed by atoms with Gasteiger partial charge >= 0.3 is 0 Å². The summed E-state index contributed by atoms with van der Waals surface area (Å²) < 4.78 is 26.4. The van der Waals surface area contributed by atoms with Crippen LogP contribution in [0, 0.1) is 0 Å². The minimum absolute atomic E-state index is 0.0450. The molecular weight excluding hydrogens is 592 g/mol. The van der Waals surface area contributed by atoms with E-state index in [1.165, 1.54) is 30.1 Å². The van der Waals surface area contributed by atoms with Crippen molar-refractivity contribution in [3.05, 3.63) is 97.9 Å². The van der Waals surface area contributed by atoms with Gasteiger partial charge in [-0.3, -0.25) is 13.9 Å². The quantitative estimate of drug-likeness (QED) is 0.328. The summed E-state index contributed by atoms with van der Waals surface area (Å²) in [4.78, 5) is 28.3. The Hall–Kier alpha value is -2.49. The Morgan fingerprint density at radius 2 is 1.53 bits per heavy atom. The number of benzene rings is 3. The van der Waals surface area contributed by atoms with Gasteiger partial charge < -0.3 is 10.2 Å². The van der Waals surface area contributed by atoms with E-state index < -0.39 is 34.4 Å². The van der Waals surface area contributed by atoms with Crippen LogP contribution in [0.4, 0.5) is 5.69 Å². The van der Waals surface area contributed by atoms with E-state index in [2.05, 4.69) is 5.32 Å². The average molecular weight is 617 g/mol. The maximum atomic E-state index is 13.9. The maximum Gasteiger partial charge on any atom is 0.244 e. The van der Waals surface area contributed by atoms with Gasteiger partial charge in [0.05, 0.1) is 17.0 Å². The number of anilines is 1. The van der Waals surface area contributed by atoms with Crippen molar-refractivity contribution in [3.63, 3.8) is 0 Å². The summed E-state index contributed by atoms with van der Waals surface area (Å²) in [5.41, 5.74) is 1.29. The first kappa shape index (κ1) is 30.1. The van der Waals surface area contributed by atoms with Gasteiger partial charge in [0.15, 0.2) is 0 Å². The minimum atomic E-state index is -3.98. The molecule has 1 atom stereocenters. The summed E-state index contributed by atoms with van der Waals surface area (Å²) in [5.74, 6) is -1.11. The molecule has 7 nitrogen and oxygen atoms in total. The lowest BCUT2D eigenvalue weighted by Gasteiger charge is -2.33. The normalized spacial score (nSPS) is 12.1. The third kappa shape index (κ3) is 7.55. The zero-order valence-corrected chi connectivity index (χ0v) is 24.3. The van der Waals surface area contributed by atoms with Gasteiger partial charge in [0.1, 0.15) is 12.6 Å². The molecule has 0 aliphatic carbocycles. The van der Waals surface area contributed by atoms with E-state index in [4.69, 9.17) is 46.4 Å². The van der Waals surface area contributed by atoms with Crippen LogP contribution in [0.15, 0.2) is 66.7 Å². The summed E-state index contributed by atoms with van der Waals surface area (Å²) in [6, 6.07) is 17.3. The van der Waals surface area contributed by atoms with Crippen LogP contribution in [-0.2, 0) is 32.6 Å². The lowest BCUT2D eigenvalue weighted by molar-refractivity contribution is -0.139. The molecule has 0 aliphatic heterocycles. The van der Waals surface area contributed by atoms with Crippen molar-refractivity contribution in [3.8, 4) is 0 Å². The summed E-state index contributed by atoms with van der Waals surface area (Å²) in [6.45, 7) is -0.779. The van der Waals surface area contributed by atoms with Crippen molar-refractivity contribution in [1.82, 2.24) is 10.2 Å². The smallest absolute Gasteiger partial charge is 0.244 e. The zero-order valence-electron chi connectivity index (χ0n) is 20.5. The van der Waals surface area contributed by atoms with Crippen molar-refractivity contribution in [2.75, 3.05) is 24.2 Å². The van der Waals surface area contributed by atoms with E-state index in [-0.39, 0.29) is 23.7 Å². The highest BCUT2D eigenvalue weighted by Gasteiger charge is 2.33. The lowest BCUT2D eigenvalue weighted by atomic mass is 10.0. The fourth-order valence-electron chi connectivity index (χ4n) is 3.85. The van der Waals surface area contributed by atoms with Crippen LogP contribution >= 0.6 is 46.4 Å². The molecule has 0 saturated heterocycles. The molecule has 0 heterocycles. The van der Waals surface area contributed by atoms with E-state index in [0.717, 1.165) is 16.1 Å². The Morgan fingerprint density at radius 3 is 2.08 bits per heavy atom. The first-order valence-corrected chi connectivity index (χ1v) is 14.7. The minimum Gasteiger partial charge on any atom is -0.357 e. The summed E-state index contributed by atoms with van der Waals surface area (Å²) in [6.07, 6.45) is 1.12. The van der Waals surface area contributed by atoms with Crippen LogP contribution in [0.3, 0.4) is 0 Å². The number of nitrogens with zero attached hydrogens (tertiary/aromatic N) is 2. The lowest BCUT2D eigenvalue weighted by Crippen LogP contribution is -2.53. The van der Waals surface area contributed by atoms with Gasteiger partial charge in [-0.2, -0.15) is 0 Å². The number of halogens is 4. The predicted molar refractivity (Wildman–Crippen MR) is 154 cm³/mol. The van der Waals surface area contributed by atoms with Gasteiger partial charge in [-0.15, -0.1) is 0 Å². The van der Waals surface area contributed by atoms with Crippen molar-refractivity contribution in [1.29, 1.82) is 0 Å². The number of sulfonamides is 1. The van der Waals surface area contributed by atoms with Gasteiger partial charge in [-0.25, -0.2) is 8.42 Å². The molecule has 3 rings (SSSR count). The Balaban J connectivity index is 2.09. The average Bonchev–Trinajstić information content (AvgIpc) is 2.86. The fraction of sp³-hybridized carbons (Fsp3) is 0.231. The summed E-state index contributed by atoms with van der Waals surface area (Å²) in [7, 11) is -2.52. The molecule has 3 aromatic carbocycles. The van der Waals surface area contributed by atoms with E-state index in [1.807, 2.05) is 30.3 Å². The largest absolute Gasteiger partial charge is 0.357 e. The standard InChI is InChI=1S/C26H25Cl4N3O4S/c1-31-26(35)24(13-17-7-4-3-5-8-17)32(15-19-20(28)9-6-10-21(19)29)25(34)16-33(38(2,36)37)23-12-11-18(27)14-22(23)30/h3-12,14,24H,13,15-16H2,1-2H3,(H,31,35)/t24-/m0/s1. The van der Waals surface area contributed by atoms with E-state index >= 15 is 0 Å². The molecule has 0 fully saturated rings.